The van der Waals surface area contributed by atoms with Crippen LogP contribution in [0.1, 0.15) is 42.8 Å². The molecule has 1 aromatic heterocycles. The third-order valence-electron chi connectivity index (χ3n) is 2.93. The van der Waals surface area contributed by atoms with Gasteiger partial charge >= 0.3 is 0 Å². The highest BCUT2D eigenvalue weighted by molar-refractivity contribution is 7.90. The summed E-state index contributed by atoms with van der Waals surface area (Å²) in [5.74, 6) is 0.176. The van der Waals surface area contributed by atoms with Gasteiger partial charge in [-0.25, -0.2) is 8.42 Å². The highest BCUT2D eigenvalue weighted by atomic mass is 32.2. The molecule has 0 spiro atoms. The van der Waals surface area contributed by atoms with Crippen LogP contribution in [0.25, 0.3) is 0 Å². The molecular formula is C13H23N3O2S. The van der Waals surface area contributed by atoms with Gasteiger partial charge in [-0.2, -0.15) is 10.2 Å². The van der Waals surface area contributed by atoms with E-state index in [0.717, 1.165) is 29.9 Å². The van der Waals surface area contributed by atoms with Crippen molar-refractivity contribution in [1.82, 2.24) is 15.5 Å². The van der Waals surface area contributed by atoms with E-state index in [1.165, 1.54) is 6.26 Å². The van der Waals surface area contributed by atoms with Crippen molar-refractivity contribution in [2.75, 3.05) is 18.6 Å². The molecule has 1 atom stereocenters. The lowest BCUT2D eigenvalue weighted by atomic mass is 10.0. The lowest BCUT2D eigenvalue weighted by Gasteiger charge is -2.20. The van der Waals surface area contributed by atoms with Gasteiger partial charge in [-0.3, -0.25) is 0 Å². The zero-order valence-electron chi connectivity index (χ0n) is 12.1. The van der Waals surface area contributed by atoms with Crippen molar-refractivity contribution in [2.45, 2.75) is 39.7 Å². The fourth-order valence-corrected chi connectivity index (χ4v) is 2.60. The minimum absolute atomic E-state index is 0.0175. The van der Waals surface area contributed by atoms with E-state index in [1.807, 2.05) is 19.9 Å². The third kappa shape index (κ3) is 5.65. The Labute approximate surface area is 115 Å². The molecule has 0 amide bonds. The van der Waals surface area contributed by atoms with Gasteiger partial charge in [0.1, 0.15) is 9.84 Å². The van der Waals surface area contributed by atoms with Crippen molar-refractivity contribution in [3.05, 3.63) is 23.0 Å². The third-order valence-corrected chi connectivity index (χ3v) is 3.91. The topological polar surface area (TPSA) is 72.0 Å². The summed E-state index contributed by atoms with van der Waals surface area (Å²) in [5.41, 5.74) is 2.75. The molecule has 1 N–H and O–H groups in total. The molecule has 0 bridgehead atoms. The second-order valence-electron chi connectivity index (χ2n) is 4.95. The van der Waals surface area contributed by atoms with Crippen molar-refractivity contribution in [3.8, 4) is 0 Å². The van der Waals surface area contributed by atoms with E-state index in [1.54, 1.807) is 0 Å². The smallest absolute Gasteiger partial charge is 0.147 e. The maximum Gasteiger partial charge on any atom is 0.147 e. The van der Waals surface area contributed by atoms with Gasteiger partial charge in [0.25, 0.3) is 0 Å². The molecule has 1 heterocycles. The molecule has 0 radical (unpaired) electrons. The summed E-state index contributed by atoms with van der Waals surface area (Å²) < 4.78 is 22.7. The van der Waals surface area contributed by atoms with E-state index in [-0.39, 0.29) is 11.8 Å². The van der Waals surface area contributed by atoms with Gasteiger partial charge in [-0.15, -0.1) is 0 Å². The molecule has 108 valence electrons. The van der Waals surface area contributed by atoms with Crippen LogP contribution in [0.3, 0.4) is 0 Å². The first-order valence-corrected chi connectivity index (χ1v) is 8.61. The highest BCUT2D eigenvalue weighted by Crippen LogP contribution is 2.20. The summed E-state index contributed by atoms with van der Waals surface area (Å²) in [5, 5.41) is 11.5. The first kappa shape index (κ1) is 16.0. The van der Waals surface area contributed by atoms with E-state index >= 15 is 0 Å². The summed E-state index contributed by atoms with van der Waals surface area (Å²) in [6.45, 7) is 6.74. The predicted octanol–water partition coefficient (Wildman–Crippen LogP) is 1.57. The molecule has 6 heteroatoms. The van der Waals surface area contributed by atoms with Crippen molar-refractivity contribution >= 4 is 9.84 Å². The number of hydrogen-bond acceptors (Lipinski definition) is 5. The van der Waals surface area contributed by atoms with E-state index in [4.69, 9.17) is 0 Å². The minimum atomic E-state index is -2.95. The molecule has 1 rings (SSSR count). The number of sulfone groups is 1. The summed E-state index contributed by atoms with van der Waals surface area (Å²) in [4.78, 5) is 0. The molecule has 0 aliphatic heterocycles. The summed E-state index contributed by atoms with van der Waals surface area (Å²) in [6, 6.07) is 2.00. The monoisotopic (exact) mass is 285 g/mol. The molecule has 0 aliphatic carbocycles. The molecule has 0 saturated carbocycles. The van der Waals surface area contributed by atoms with Crippen LogP contribution in [0.15, 0.2) is 6.07 Å². The molecule has 0 fully saturated rings. The molecular weight excluding hydrogens is 262 g/mol. The van der Waals surface area contributed by atoms with Gasteiger partial charge in [-0.05, 0) is 44.9 Å². The first-order chi connectivity index (χ1) is 8.83. The summed E-state index contributed by atoms with van der Waals surface area (Å²) in [7, 11) is -2.95. The molecule has 1 aromatic rings. The Morgan fingerprint density at radius 2 is 2.00 bits per heavy atom. The summed E-state index contributed by atoms with van der Waals surface area (Å²) in [6.07, 6.45) is 2.84. The van der Waals surface area contributed by atoms with E-state index in [2.05, 4.69) is 22.4 Å². The van der Waals surface area contributed by atoms with Gasteiger partial charge in [0, 0.05) is 12.3 Å². The molecule has 0 saturated heterocycles. The molecule has 19 heavy (non-hydrogen) atoms. The lowest BCUT2D eigenvalue weighted by molar-refractivity contribution is 0.508. The Morgan fingerprint density at radius 3 is 2.58 bits per heavy atom. The van der Waals surface area contributed by atoms with Crippen molar-refractivity contribution in [3.63, 3.8) is 0 Å². The van der Waals surface area contributed by atoms with Gasteiger partial charge in [-0.1, -0.05) is 6.92 Å². The Morgan fingerprint density at radius 1 is 1.32 bits per heavy atom. The molecule has 0 aromatic carbocycles. The van der Waals surface area contributed by atoms with Crippen LogP contribution < -0.4 is 5.32 Å². The second kappa shape index (κ2) is 6.96. The summed E-state index contributed by atoms with van der Waals surface area (Å²) >= 11 is 0. The average Bonchev–Trinajstić information content (AvgIpc) is 2.32. The van der Waals surface area contributed by atoms with Crippen LogP contribution in [0, 0.1) is 13.8 Å². The number of nitrogens with one attached hydrogen (secondary N) is 1. The van der Waals surface area contributed by atoms with Crippen LogP contribution in [-0.4, -0.2) is 37.2 Å². The Balaban J connectivity index is 2.91. The van der Waals surface area contributed by atoms with E-state index in [9.17, 15) is 8.42 Å². The first-order valence-electron chi connectivity index (χ1n) is 6.55. The van der Waals surface area contributed by atoms with Crippen molar-refractivity contribution in [1.29, 1.82) is 0 Å². The van der Waals surface area contributed by atoms with Gasteiger partial charge < -0.3 is 5.32 Å². The van der Waals surface area contributed by atoms with Crippen LogP contribution in [-0.2, 0) is 9.84 Å². The van der Waals surface area contributed by atoms with E-state index < -0.39 is 9.84 Å². The van der Waals surface area contributed by atoms with E-state index in [0.29, 0.717) is 6.42 Å². The molecule has 0 aliphatic rings. The van der Waals surface area contributed by atoms with Crippen LogP contribution in [0.2, 0.25) is 0 Å². The number of aromatic nitrogens is 2. The maximum atomic E-state index is 11.3. The van der Waals surface area contributed by atoms with Gasteiger partial charge in [0.05, 0.1) is 17.1 Å². The van der Waals surface area contributed by atoms with Crippen molar-refractivity contribution in [2.24, 2.45) is 0 Å². The standard InChI is InChI=1S/C13H23N3O2S/c1-5-7-14-13(6-8-19(4,17)18)12-9-10(2)15-16-11(12)3/h9,13-14H,5-8H2,1-4H3. The average molecular weight is 285 g/mol. The zero-order chi connectivity index (χ0) is 14.5. The maximum absolute atomic E-state index is 11.3. The Hall–Kier alpha value is -1.01. The Bertz CT molecular complexity index is 515. The minimum Gasteiger partial charge on any atom is -0.310 e. The molecule has 5 nitrogen and oxygen atoms in total. The Kier molecular flexibility index (Phi) is 5.87. The normalized spacial score (nSPS) is 13.5. The van der Waals surface area contributed by atoms with Crippen LogP contribution >= 0.6 is 0 Å². The van der Waals surface area contributed by atoms with Crippen molar-refractivity contribution < 1.29 is 8.42 Å². The van der Waals surface area contributed by atoms with Gasteiger partial charge in [0.2, 0.25) is 0 Å². The number of aryl methyl sites for hydroxylation is 2. The zero-order valence-corrected chi connectivity index (χ0v) is 12.9. The molecule has 1 unspecified atom stereocenters. The number of hydrogen-bond donors (Lipinski definition) is 1. The highest BCUT2D eigenvalue weighted by Gasteiger charge is 2.17. The number of rotatable bonds is 7. The largest absolute Gasteiger partial charge is 0.310 e. The predicted molar refractivity (Wildman–Crippen MR) is 76.9 cm³/mol. The fraction of sp³-hybridized carbons (Fsp3) is 0.692. The SMILES string of the molecule is CCCNC(CCS(C)(=O)=O)c1cc(C)nnc1C. The van der Waals surface area contributed by atoms with Gasteiger partial charge in [0.15, 0.2) is 0 Å². The fourth-order valence-electron chi connectivity index (χ4n) is 1.94. The second-order valence-corrected chi connectivity index (χ2v) is 7.21. The lowest BCUT2D eigenvalue weighted by Crippen LogP contribution is -2.25. The number of nitrogens with zero attached hydrogens (tertiary/aromatic N) is 2. The van der Waals surface area contributed by atoms with Crippen LogP contribution in [0.4, 0.5) is 0 Å². The van der Waals surface area contributed by atoms with Crippen LogP contribution in [0.5, 0.6) is 0 Å². The quantitative estimate of drug-likeness (QED) is 0.823.